The van der Waals surface area contributed by atoms with Gasteiger partial charge >= 0.3 is 0 Å². The quantitative estimate of drug-likeness (QED) is 0.610. The summed E-state index contributed by atoms with van der Waals surface area (Å²) in [5.41, 5.74) is 0.361. The van der Waals surface area contributed by atoms with E-state index in [4.69, 9.17) is 9.47 Å². The Bertz CT molecular complexity index is 546. The molecule has 0 spiro atoms. The molecule has 5 saturated carbocycles. The number of morpholine rings is 1. The van der Waals surface area contributed by atoms with Crippen LogP contribution < -0.4 is 5.32 Å². The van der Waals surface area contributed by atoms with Gasteiger partial charge < -0.3 is 14.8 Å². The molecule has 1 saturated heterocycles. The fourth-order valence-electron chi connectivity index (χ4n) is 7.86. The SMILES string of the molecule is O=C(CC12CC3CC(CC(C3)C1)C2)N[C@H]1CC[C@H](OCCCN2CCOCC2)CC1. The van der Waals surface area contributed by atoms with Gasteiger partial charge in [-0.3, -0.25) is 9.69 Å². The van der Waals surface area contributed by atoms with Crippen LogP contribution in [0.15, 0.2) is 0 Å². The number of rotatable bonds is 8. The molecule has 4 bridgehead atoms. The highest BCUT2D eigenvalue weighted by atomic mass is 16.5. The zero-order chi connectivity index (χ0) is 20.4. The third-order valence-corrected chi connectivity index (χ3v) is 8.82. The van der Waals surface area contributed by atoms with Crippen molar-refractivity contribution in [1.82, 2.24) is 10.2 Å². The first-order valence-electron chi connectivity index (χ1n) is 12.9. The molecule has 0 radical (unpaired) electrons. The average Bonchev–Trinajstić information content (AvgIpc) is 2.72. The number of carbonyl (C=O) groups excluding carboxylic acids is 1. The Morgan fingerprint density at radius 2 is 1.60 bits per heavy atom. The second-order valence-corrected chi connectivity index (χ2v) is 11.3. The number of nitrogens with one attached hydrogen (secondary N) is 1. The van der Waals surface area contributed by atoms with Crippen molar-refractivity contribution in [3.05, 3.63) is 0 Å². The van der Waals surface area contributed by atoms with Gasteiger partial charge in [0.25, 0.3) is 0 Å². The third kappa shape index (κ3) is 5.21. The van der Waals surface area contributed by atoms with Crippen LogP contribution in [-0.2, 0) is 14.3 Å². The van der Waals surface area contributed by atoms with Crippen LogP contribution in [0, 0.1) is 23.2 Å². The van der Waals surface area contributed by atoms with E-state index in [1.54, 1.807) is 0 Å². The topological polar surface area (TPSA) is 50.8 Å². The van der Waals surface area contributed by atoms with Gasteiger partial charge in [0.2, 0.25) is 5.91 Å². The van der Waals surface area contributed by atoms with Gasteiger partial charge in [-0.25, -0.2) is 0 Å². The lowest BCUT2D eigenvalue weighted by Gasteiger charge is -2.56. The molecule has 170 valence electrons. The van der Waals surface area contributed by atoms with E-state index in [0.29, 0.717) is 23.5 Å². The minimum absolute atomic E-state index is 0.340. The highest BCUT2D eigenvalue weighted by molar-refractivity contribution is 5.77. The Hall–Kier alpha value is -0.650. The molecule has 1 aliphatic heterocycles. The number of amides is 1. The van der Waals surface area contributed by atoms with E-state index in [9.17, 15) is 4.79 Å². The molecular formula is C25H42N2O3. The van der Waals surface area contributed by atoms with Gasteiger partial charge in [0.05, 0.1) is 19.3 Å². The van der Waals surface area contributed by atoms with E-state index < -0.39 is 0 Å². The first kappa shape index (κ1) is 21.2. The van der Waals surface area contributed by atoms with Gasteiger partial charge in [0.15, 0.2) is 0 Å². The Morgan fingerprint density at radius 1 is 0.967 bits per heavy atom. The normalized spacial score (nSPS) is 41.1. The lowest BCUT2D eigenvalue weighted by molar-refractivity contribution is -0.130. The number of ether oxygens (including phenoxy) is 2. The summed E-state index contributed by atoms with van der Waals surface area (Å²) in [6.07, 6.45) is 15.0. The predicted molar refractivity (Wildman–Crippen MR) is 117 cm³/mol. The summed E-state index contributed by atoms with van der Waals surface area (Å²) in [5, 5.41) is 3.41. The molecular weight excluding hydrogens is 376 g/mol. The smallest absolute Gasteiger partial charge is 0.220 e. The molecule has 1 heterocycles. The van der Waals surface area contributed by atoms with E-state index in [1.807, 2.05) is 0 Å². The van der Waals surface area contributed by atoms with E-state index in [1.165, 1.54) is 38.5 Å². The van der Waals surface area contributed by atoms with Gasteiger partial charge in [0.1, 0.15) is 0 Å². The molecule has 0 unspecified atom stereocenters. The third-order valence-electron chi connectivity index (χ3n) is 8.82. The summed E-state index contributed by atoms with van der Waals surface area (Å²) >= 11 is 0. The molecule has 30 heavy (non-hydrogen) atoms. The van der Waals surface area contributed by atoms with E-state index in [-0.39, 0.29) is 0 Å². The molecule has 0 aromatic rings. The molecule has 0 atom stereocenters. The maximum atomic E-state index is 12.9. The number of hydrogen-bond donors (Lipinski definition) is 1. The summed E-state index contributed by atoms with van der Waals surface area (Å²) in [4.78, 5) is 15.4. The Morgan fingerprint density at radius 3 is 2.23 bits per heavy atom. The molecule has 6 aliphatic rings. The molecule has 6 rings (SSSR count). The van der Waals surface area contributed by atoms with Gasteiger partial charge in [-0.05, 0) is 93.8 Å². The first-order chi connectivity index (χ1) is 14.7. The van der Waals surface area contributed by atoms with Gasteiger partial charge in [-0.15, -0.1) is 0 Å². The standard InChI is InChI=1S/C25H42N2O3/c28-24(18-25-15-19-12-20(16-25)14-21(13-19)17-25)26-22-2-4-23(5-3-22)30-9-1-6-27-7-10-29-11-8-27/h19-23H,1-18H2,(H,26,28)/t19?,20?,21?,22-,23-,25?. The molecule has 0 aromatic heterocycles. The Balaban J connectivity index is 0.975. The number of hydrogen-bond acceptors (Lipinski definition) is 4. The second-order valence-electron chi connectivity index (χ2n) is 11.3. The predicted octanol–water partition coefficient (Wildman–Crippen LogP) is 3.76. The van der Waals surface area contributed by atoms with Crippen LogP contribution in [0.3, 0.4) is 0 Å². The van der Waals surface area contributed by atoms with Crippen molar-refractivity contribution in [2.24, 2.45) is 23.2 Å². The van der Waals surface area contributed by atoms with Crippen LogP contribution in [0.4, 0.5) is 0 Å². The molecule has 0 aromatic carbocycles. The summed E-state index contributed by atoms with van der Waals surface area (Å²) < 4.78 is 11.6. The Labute approximate surface area is 182 Å². The molecule has 6 fully saturated rings. The van der Waals surface area contributed by atoms with Crippen molar-refractivity contribution in [2.75, 3.05) is 39.5 Å². The maximum absolute atomic E-state index is 12.9. The molecule has 1 amide bonds. The zero-order valence-corrected chi connectivity index (χ0v) is 18.8. The van der Waals surface area contributed by atoms with Gasteiger partial charge in [-0.1, -0.05) is 0 Å². The van der Waals surface area contributed by atoms with Crippen LogP contribution >= 0.6 is 0 Å². The highest BCUT2D eigenvalue weighted by Crippen LogP contribution is 2.61. The van der Waals surface area contributed by atoms with Crippen LogP contribution in [0.2, 0.25) is 0 Å². The molecule has 1 N–H and O–H groups in total. The second kappa shape index (κ2) is 9.46. The average molecular weight is 419 g/mol. The summed E-state index contributed by atoms with van der Waals surface area (Å²) in [5.74, 6) is 3.13. The minimum atomic E-state index is 0.340. The van der Waals surface area contributed by atoms with Crippen LogP contribution in [0.1, 0.15) is 77.0 Å². The van der Waals surface area contributed by atoms with Crippen molar-refractivity contribution >= 4 is 5.91 Å². The fraction of sp³-hybridized carbons (Fsp3) is 0.960. The van der Waals surface area contributed by atoms with Crippen LogP contribution in [0.25, 0.3) is 0 Å². The lowest BCUT2D eigenvalue weighted by Crippen LogP contribution is -2.49. The Kier molecular flexibility index (Phi) is 6.69. The summed E-state index contributed by atoms with van der Waals surface area (Å²) in [6, 6.07) is 0.375. The van der Waals surface area contributed by atoms with Gasteiger partial charge in [0, 0.05) is 38.7 Å². The van der Waals surface area contributed by atoms with Crippen molar-refractivity contribution in [2.45, 2.75) is 89.2 Å². The van der Waals surface area contributed by atoms with Crippen molar-refractivity contribution in [1.29, 1.82) is 0 Å². The fourth-order valence-corrected chi connectivity index (χ4v) is 7.86. The molecule has 5 nitrogen and oxygen atoms in total. The lowest BCUT2D eigenvalue weighted by atomic mass is 9.49. The first-order valence-corrected chi connectivity index (χ1v) is 12.9. The summed E-state index contributed by atoms with van der Waals surface area (Å²) in [6.45, 7) is 5.87. The van der Waals surface area contributed by atoms with Gasteiger partial charge in [-0.2, -0.15) is 0 Å². The molecule has 5 aliphatic carbocycles. The van der Waals surface area contributed by atoms with Crippen molar-refractivity contribution < 1.29 is 14.3 Å². The number of carbonyl (C=O) groups is 1. The number of nitrogens with zero attached hydrogens (tertiary/aromatic N) is 1. The minimum Gasteiger partial charge on any atom is -0.379 e. The maximum Gasteiger partial charge on any atom is 0.220 e. The van der Waals surface area contributed by atoms with Crippen LogP contribution in [0.5, 0.6) is 0 Å². The van der Waals surface area contributed by atoms with E-state index in [2.05, 4.69) is 10.2 Å². The molecule has 5 heteroatoms. The van der Waals surface area contributed by atoms with E-state index in [0.717, 1.165) is 95.7 Å². The summed E-state index contributed by atoms with van der Waals surface area (Å²) in [7, 11) is 0. The van der Waals surface area contributed by atoms with Crippen LogP contribution in [-0.4, -0.2) is 62.4 Å². The van der Waals surface area contributed by atoms with E-state index >= 15 is 0 Å². The monoisotopic (exact) mass is 418 g/mol. The van der Waals surface area contributed by atoms with Crippen molar-refractivity contribution in [3.8, 4) is 0 Å². The largest absolute Gasteiger partial charge is 0.379 e. The zero-order valence-electron chi connectivity index (χ0n) is 18.8. The van der Waals surface area contributed by atoms with Crippen molar-refractivity contribution in [3.63, 3.8) is 0 Å². The highest BCUT2D eigenvalue weighted by Gasteiger charge is 2.51.